The number of rotatable bonds is 3. The molecule has 0 spiro atoms. The highest BCUT2D eigenvalue weighted by Crippen LogP contribution is 2.41. The summed E-state index contributed by atoms with van der Waals surface area (Å²) in [6.45, 7) is 0.621. The molecule has 92 valence electrons. The van der Waals surface area contributed by atoms with E-state index in [1.807, 2.05) is 0 Å². The Hall–Kier alpha value is -1.74. The van der Waals surface area contributed by atoms with Crippen LogP contribution in [0.1, 0.15) is 11.1 Å². The summed E-state index contributed by atoms with van der Waals surface area (Å²) in [5.41, 5.74) is 1.62. The highest BCUT2D eigenvalue weighted by molar-refractivity contribution is 5.31. The van der Waals surface area contributed by atoms with Gasteiger partial charge in [-0.15, -0.1) is 0 Å². The Morgan fingerprint density at radius 1 is 0.889 bits per heavy atom. The molecular formula is C15H12F2O. The van der Waals surface area contributed by atoms with Crippen molar-refractivity contribution in [3.05, 3.63) is 71.3 Å². The summed E-state index contributed by atoms with van der Waals surface area (Å²) in [5, 5.41) is 0. The predicted octanol–water partition coefficient (Wildman–Crippen LogP) is 3.43. The lowest BCUT2D eigenvalue weighted by molar-refractivity contribution is 0.306. The van der Waals surface area contributed by atoms with E-state index in [-0.39, 0.29) is 17.2 Å². The largest absolute Gasteiger partial charge is 0.364 e. The fourth-order valence-corrected chi connectivity index (χ4v) is 2.14. The fourth-order valence-electron chi connectivity index (χ4n) is 2.14. The maximum absolute atomic E-state index is 12.9. The lowest BCUT2D eigenvalue weighted by Crippen LogP contribution is -2.12. The van der Waals surface area contributed by atoms with Crippen LogP contribution in [0.2, 0.25) is 0 Å². The van der Waals surface area contributed by atoms with Gasteiger partial charge in [-0.1, -0.05) is 24.3 Å². The molecule has 0 aliphatic carbocycles. The van der Waals surface area contributed by atoms with E-state index in [4.69, 9.17) is 4.74 Å². The Balaban J connectivity index is 1.83. The summed E-state index contributed by atoms with van der Waals surface area (Å²) >= 11 is 0. The molecular weight excluding hydrogens is 234 g/mol. The topological polar surface area (TPSA) is 12.5 Å². The van der Waals surface area contributed by atoms with Crippen LogP contribution in [0.3, 0.4) is 0 Å². The van der Waals surface area contributed by atoms with E-state index >= 15 is 0 Å². The summed E-state index contributed by atoms with van der Waals surface area (Å²) in [6.07, 6.45) is 0.679. The summed E-state index contributed by atoms with van der Waals surface area (Å²) in [7, 11) is 0. The van der Waals surface area contributed by atoms with Gasteiger partial charge in [-0.25, -0.2) is 8.78 Å². The van der Waals surface area contributed by atoms with Gasteiger partial charge in [0.1, 0.15) is 17.2 Å². The molecule has 0 saturated carbocycles. The van der Waals surface area contributed by atoms with Crippen molar-refractivity contribution in [2.45, 2.75) is 12.0 Å². The predicted molar refractivity (Wildman–Crippen MR) is 64.1 cm³/mol. The molecule has 18 heavy (non-hydrogen) atoms. The summed E-state index contributed by atoms with van der Waals surface area (Å²) in [4.78, 5) is 0. The maximum Gasteiger partial charge on any atom is 0.123 e. The molecule has 2 aromatic rings. The van der Waals surface area contributed by atoms with Gasteiger partial charge >= 0.3 is 0 Å². The normalized spacial score (nSPS) is 21.9. The van der Waals surface area contributed by atoms with Gasteiger partial charge in [-0.2, -0.15) is 0 Å². The number of benzene rings is 2. The molecule has 1 heterocycles. The molecule has 1 nitrogen and oxygen atoms in total. The summed E-state index contributed by atoms with van der Waals surface area (Å²) in [5.74, 6) is -0.498. The minimum absolute atomic E-state index is 0.244. The van der Waals surface area contributed by atoms with Crippen LogP contribution in [0.5, 0.6) is 0 Å². The number of hydrogen-bond donors (Lipinski definition) is 0. The zero-order valence-corrected chi connectivity index (χ0v) is 9.70. The molecule has 1 unspecified atom stereocenters. The van der Waals surface area contributed by atoms with Crippen molar-refractivity contribution in [3.63, 3.8) is 0 Å². The van der Waals surface area contributed by atoms with Crippen LogP contribution in [0, 0.1) is 11.6 Å². The second kappa shape index (κ2) is 4.18. The maximum atomic E-state index is 12.9. The Morgan fingerprint density at radius 3 is 1.89 bits per heavy atom. The van der Waals surface area contributed by atoms with E-state index in [0.29, 0.717) is 13.0 Å². The molecule has 0 aromatic heterocycles. The third-order valence-electron chi connectivity index (χ3n) is 3.27. The van der Waals surface area contributed by atoms with Gasteiger partial charge in [0.15, 0.2) is 0 Å². The van der Waals surface area contributed by atoms with Crippen LogP contribution >= 0.6 is 0 Å². The van der Waals surface area contributed by atoms with E-state index in [1.165, 1.54) is 24.3 Å². The first-order valence-corrected chi connectivity index (χ1v) is 5.82. The number of halogens is 2. The first-order valence-electron chi connectivity index (χ1n) is 5.82. The van der Waals surface area contributed by atoms with E-state index in [0.717, 1.165) is 11.1 Å². The monoisotopic (exact) mass is 246 g/mol. The summed E-state index contributed by atoms with van der Waals surface area (Å²) < 4.78 is 31.3. The highest BCUT2D eigenvalue weighted by atomic mass is 19.1. The molecule has 1 aliphatic heterocycles. The Morgan fingerprint density at radius 2 is 1.39 bits per heavy atom. The number of epoxide rings is 1. The van der Waals surface area contributed by atoms with E-state index in [1.54, 1.807) is 24.3 Å². The minimum Gasteiger partial charge on any atom is -0.364 e. The van der Waals surface area contributed by atoms with Crippen molar-refractivity contribution in [1.29, 1.82) is 0 Å². The van der Waals surface area contributed by atoms with Crippen molar-refractivity contribution in [2.75, 3.05) is 6.61 Å². The third kappa shape index (κ3) is 2.14. The van der Waals surface area contributed by atoms with E-state index in [2.05, 4.69) is 0 Å². The molecule has 0 radical (unpaired) electrons. The smallest absolute Gasteiger partial charge is 0.123 e. The van der Waals surface area contributed by atoms with Gasteiger partial charge in [0.2, 0.25) is 0 Å². The van der Waals surface area contributed by atoms with Gasteiger partial charge < -0.3 is 4.74 Å². The lowest BCUT2D eigenvalue weighted by Gasteiger charge is -2.12. The second-order valence-corrected chi connectivity index (χ2v) is 4.59. The first-order chi connectivity index (χ1) is 8.68. The molecule has 0 amide bonds. The molecule has 1 atom stereocenters. The first kappa shape index (κ1) is 11.4. The van der Waals surface area contributed by atoms with Crippen LogP contribution in [0.15, 0.2) is 48.5 Å². The van der Waals surface area contributed by atoms with Crippen molar-refractivity contribution < 1.29 is 13.5 Å². The van der Waals surface area contributed by atoms with E-state index in [9.17, 15) is 8.78 Å². The van der Waals surface area contributed by atoms with E-state index < -0.39 is 0 Å². The quantitative estimate of drug-likeness (QED) is 0.756. The third-order valence-corrected chi connectivity index (χ3v) is 3.27. The molecule has 2 aromatic carbocycles. The second-order valence-electron chi connectivity index (χ2n) is 4.59. The van der Waals surface area contributed by atoms with Crippen molar-refractivity contribution in [2.24, 2.45) is 0 Å². The lowest BCUT2D eigenvalue weighted by atomic mass is 9.92. The van der Waals surface area contributed by atoms with Gasteiger partial charge in [0.25, 0.3) is 0 Å². The van der Waals surface area contributed by atoms with Crippen LogP contribution < -0.4 is 0 Å². The fraction of sp³-hybridized carbons (Fsp3) is 0.200. The Kier molecular flexibility index (Phi) is 2.63. The van der Waals surface area contributed by atoms with Crippen LogP contribution in [-0.4, -0.2) is 6.61 Å². The molecule has 3 rings (SSSR count). The zero-order valence-electron chi connectivity index (χ0n) is 9.70. The molecule has 1 fully saturated rings. The Labute approximate surface area is 104 Å². The zero-order chi connectivity index (χ0) is 12.6. The van der Waals surface area contributed by atoms with Crippen molar-refractivity contribution in [3.8, 4) is 0 Å². The van der Waals surface area contributed by atoms with Crippen LogP contribution in [-0.2, 0) is 16.8 Å². The highest BCUT2D eigenvalue weighted by Gasteiger charge is 2.46. The number of ether oxygens (including phenoxy) is 1. The molecule has 0 bridgehead atoms. The Bertz CT molecular complexity index is 542. The van der Waals surface area contributed by atoms with Crippen molar-refractivity contribution >= 4 is 0 Å². The van der Waals surface area contributed by atoms with Crippen molar-refractivity contribution in [1.82, 2.24) is 0 Å². The molecule has 0 N–H and O–H groups in total. The average Bonchev–Trinajstić information content (AvgIpc) is 3.14. The van der Waals surface area contributed by atoms with Gasteiger partial charge in [0, 0.05) is 6.42 Å². The molecule has 1 saturated heterocycles. The minimum atomic E-state index is -0.356. The SMILES string of the molecule is Fc1ccc(CC2(c3ccc(F)cc3)CO2)cc1. The van der Waals surface area contributed by atoms with Crippen LogP contribution in [0.4, 0.5) is 8.78 Å². The average molecular weight is 246 g/mol. The molecule has 3 heteroatoms. The van der Waals surface area contributed by atoms with Gasteiger partial charge in [-0.05, 0) is 35.4 Å². The van der Waals surface area contributed by atoms with Gasteiger partial charge in [0.05, 0.1) is 6.61 Å². The van der Waals surface area contributed by atoms with Crippen LogP contribution in [0.25, 0.3) is 0 Å². The number of hydrogen-bond acceptors (Lipinski definition) is 1. The van der Waals surface area contributed by atoms with Gasteiger partial charge in [-0.3, -0.25) is 0 Å². The molecule has 1 aliphatic rings. The summed E-state index contributed by atoms with van der Waals surface area (Å²) in [6, 6.07) is 12.7. The standard InChI is InChI=1S/C15H12F2O/c16-13-5-1-11(2-6-13)9-15(10-18-15)12-3-7-14(17)8-4-12/h1-8H,9-10H2.